The summed E-state index contributed by atoms with van der Waals surface area (Å²) in [6.45, 7) is 4.84. The lowest BCUT2D eigenvalue weighted by atomic mass is 9.94. The molecule has 2 aromatic carbocycles. The van der Waals surface area contributed by atoms with Crippen LogP contribution in [0, 0.1) is 0 Å². The number of nitrogens with zero attached hydrogens (tertiary/aromatic N) is 2. The molecule has 2 aliphatic heterocycles. The Kier molecular flexibility index (Phi) is 8.05. The zero-order chi connectivity index (χ0) is 28.2. The number of aliphatic hydroxyl groups excluding tert-OH is 1. The Morgan fingerprint density at radius 3 is 2.62 bits per heavy atom. The van der Waals surface area contributed by atoms with Crippen molar-refractivity contribution in [1.29, 1.82) is 0 Å². The fourth-order valence-corrected chi connectivity index (χ4v) is 5.31. The van der Waals surface area contributed by atoms with Gasteiger partial charge in [-0.15, -0.1) is 0 Å². The Hall–Kier alpha value is -4.33. The Morgan fingerprint density at radius 1 is 1.07 bits per heavy atom. The number of carbonyl (C=O) groups excluding carboxylic acids is 2. The van der Waals surface area contributed by atoms with Crippen molar-refractivity contribution >= 4 is 17.4 Å². The predicted octanol–water partition coefficient (Wildman–Crippen LogP) is 5.60. The smallest absolute Gasteiger partial charge is 0.295 e. The molecule has 8 heteroatoms. The standard InChI is InChI=1S/C32H34N2O6/c1-4-5-6-15-39-26-10-7-22(18-27(26)38-3)29-28(30(35)23-8-9-25-24(17-23)16-20(2)40-25)31(36)32(37)34(29)19-21-11-13-33-14-12-21/h7-14,17-18,20,29,35H,4-6,15-16,19H2,1-3H3/b30-28+. The summed E-state index contributed by atoms with van der Waals surface area (Å²) >= 11 is 0. The average Bonchev–Trinajstić information content (AvgIpc) is 3.46. The fourth-order valence-electron chi connectivity index (χ4n) is 5.31. The number of hydrogen-bond donors (Lipinski definition) is 1. The number of rotatable bonds is 10. The zero-order valence-electron chi connectivity index (χ0n) is 23.1. The number of pyridine rings is 1. The normalized spacial score (nSPS) is 19.4. The van der Waals surface area contributed by atoms with Crippen LogP contribution in [0.4, 0.5) is 0 Å². The maximum absolute atomic E-state index is 13.5. The minimum Gasteiger partial charge on any atom is -0.507 e. The second-order valence-electron chi connectivity index (χ2n) is 10.2. The first kappa shape index (κ1) is 27.2. The summed E-state index contributed by atoms with van der Waals surface area (Å²) in [7, 11) is 1.56. The van der Waals surface area contributed by atoms with E-state index in [1.165, 1.54) is 4.90 Å². The van der Waals surface area contributed by atoms with Crippen LogP contribution in [0.25, 0.3) is 5.76 Å². The summed E-state index contributed by atoms with van der Waals surface area (Å²) in [6, 6.07) is 13.5. The van der Waals surface area contributed by atoms with Crippen molar-refractivity contribution in [3.63, 3.8) is 0 Å². The molecule has 0 aliphatic carbocycles. The summed E-state index contributed by atoms with van der Waals surface area (Å²) < 4.78 is 17.4. The van der Waals surface area contributed by atoms with Crippen LogP contribution in [0.3, 0.4) is 0 Å². The lowest BCUT2D eigenvalue weighted by Gasteiger charge is -2.26. The van der Waals surface area contributed by atoms with Crippen LogP contribution in [-0.2, 0) is 22.6 Å². The molecule has 0 radical (unpaired) electrons. The van der Waals surface area contributed by atoms with E-state index in [9.17, 15) is 14.7 Å². The van der Waals surface area contributed by atoms with E-state index in [1.54, 1.807) is 55.9 Å². The monoisotopic (exact) mass is 542 g/mol. The second kappa shape index (κ2) is 11.8. The maximum atomic E-state index is 13.5. The molecule has 1 N–H and O–H groups in total. The number of ketones is 1. The van der Waals surface area contributed by atoms with Gasteiger partial charge in [-0.3, -0.25) is 14.6 Å². The molecule has 1 saturated heterocycles. The van der Waals surface area contributed by atoms with Crippen molar-refractivity contribution in [3.8, 4) is 17.2 Å². The van der Waals surface area contributed by atoms with E-state index in [4.69, 9.17) is 14.2 Å². The van der Waals surface area contributed by atoms with Gasteiger partial charge < -0.3 is 24.2 Å². The number of ether oxygens (including phenoxy) is 3. The maximum Gasteiger partial charge on any atom is 0.295 e. The molecule has 1 aromatic heterocycles. The minimum atomic E-state index is -0.834. The molecule has 0 spiro atoms. The van der Waals surface area contributed by atoms with Gasteiger partial charge in [0.1, 0.15) is 17.6 Å². The summed E-state index contributed by atoms with van der Waals surface area (Å²) in [5.74, 6) is 0.203. The SMILES string of the molecule is CCCCCOc1ccc(C2/C(=C(\O)c3ccc4c(c3)CC(C)O4)C(=O)C(=O)N2Cc2ccncc2)cc1OC. The van der Waals surface area contributed by atoms with Crippen LogP contribution in [0.15, 0.2) is 66.5 Å². The van der Waals surface area contributed by atoms with Crippen LogP contribution >= 0.6 is 0 Å². The molecular weight excluding hydrogens is 508 g/mol. The molecule has 1 fully saturated rings. The van der Waals surface area contributed by atoms with Gasteiger partial charge in [-0.2, -0.15) is 0 Å². The van der Waals surface area contributed by atoms with Crippen LogP contribution in [0.2, 0.25) is 0 Å². The lowest BCUT2D eigenvalue weighted by Crippen LogP contribution is -2.29. The number of unbranched alkanes of at least 4 members (excludes halogenated alkanes) is 2. The van der Waals surface area contributed by atoms with Gasteiger partial charge in [0.05, 0.1) is 25.3 Å². The second-order valence-corrected chi connectivity index (χ2v) is 10.2. The van der Waals surface area contributed by atoms with Gasteiger partial charge in [0, 0.05) is 30.9 Å². The minimum absolute atomic E-state index is 0.0321. The molecule has 2 aliphatic rings. The van der Waals surface area contributed by atoms with E-state index in [-0.39, 0.29) is 24.0 Å². The number of likely N-dealkylation sites (tertiary alicyclic amines) is 1. The van der Waals surface area contributed by atoms with E-state index in [2.05, 4.69) is 11.9 Å². The first-order valence-corrected chi connectivity index (χ1v) is 13.7. The van der Waals surface area contributed by atoms with Crippen molar-refractivity contribution in [2.75, 3.05) is 13.7 Å². The number of carbonyl (C=O) groups is 2. The highest BCUT2D eigenvalue weighted by Gasteiger charge is 2.46. The number of amides is 1. The third-order valence-electron chi connectivity index (χ3n) is 7.32. The molecule has 0 saturated carbocycles. The first-order chi connectivity index (χ1) is 19.4. The van der Waals surface area contributed by atoms with Crippen LogP contribution in [-0.4, -0.2) is 46.5 Å². The Bertz CT molecular complexity index is 1430. The van der Waals surface area contributed by atoms with Gasteiger partial charge in [0.15, 0.2) is 11.5 Å². The molecule has 3 heterocycles. The molecule has 1 amide bonds. The van der Waals surface area contributed by atoms with Crippen LogP contribution < -0.4 is 14.2 Å². The third-order valence-corrected chi connectivity index (χ3v) is 7.32. The summed E-state index contributed by atoms with van der Waals surface area (Å²) in [5, 5.41) is 11.5. The van der Waals surface area contributed by atoms with Gasteiger partial charge in [0.25, 0.3) is 11.7 Å². The van der Waals surface area contributed by atoms with Crippen LogP contribution in [0.1, 0.15) is 61.4 Å². The Morgan fingerprint density at radius 2 is 1.88 bits per heavy atom. The number of benzene rings is 2. The highest BCUT2D eigenvalue weighted by atomic mass is 16.5. The Labute approximate surface area is 234 Å². The topological polar surface area (TPSA) is 98.2 Å². The zero-order valence-corrected chi connectivity index (χ0v) is 23.1. The van der Waals surface area contributed by atoms with Crippen molar-refractivity contribution in [2.24, 2.45) is 0 Å². The number of hydrogen-bond acceptors (Lipinski definition) is 7. The average molecular weight is 543 g/mol. The molecule has 40 heavy (non-hydrogen) atoms. The van der Waals surface area contributed by atoms with Crippen molar-refractivity contribution in [3.05, 3.63) is 88.8 Å². The molecule has 5 rings (SSSR count). The van der Waals surface area contributed by atoms with E-state index in [0.29, 0.717) is 35.7 Å². The molecular formula is C32H34N2O6. The van der Waals surface area contributed by atoms with E-state index in [0.717, 1.165) is 36.1 Å². The largest absolute Gasteiger partial charge is 0.507 e. The number of fused-ring (bicyclic) bond motifs is 1. The third kappa shape index (κ3) is 5.39. The number of methoxy groups -OCH3 is 1. The Balaban J connectivity index is 1.58. The van der Waals surface area contributed by atoms with Gasteiger partial charge in [-0.25, -0.2) is 0 Å². The summed E-state index contributed by atoms with van der Waals surface area (Å²) in [6.07, 6.45) is 7.10. The van der Waals surface area contributed by atoms with Crippen molar-refractivity contribution in [1.82, 2.24) is 9.88 Å². The highest BCUT2D eigenvalue weighted by molar-refractivity contribution is 6.46. The lowest BCUT2D eigenvalue weighted by molar-refractivity contribution is -0.140. The molecule has 0 bridgehead atoms. The van der Waals surface area contributed by atoms with Gasteiger partial charge in [-0.05, 0) is 72.5 Å². The van der Waals surface area contributed by atoms with E-state index < -0.39 is 17.7 Å². The summed E-state index contributed by atoms with van der Waals surface area (Å²) in [5.41, 5.74) is 2.89. The molecule has 208 valence electrons. The summed E-state index contributed by atoms with van der Waals surface area (Å²) in [4.78, 5) is 32.5. The van der Waals surface area contributed by atoms with Gasteiger partial charge in [-0.1, -0.05) is 25.8 Å². The first-order valence-electron chi connectivity index (χ1n) is 13.7. The van der Waals surface area contributed by atoms with Gasteiger partial charge in [0.2, 0.25) is 0 Å². The quantitative estimate of drug-likeness (QED) is 0.154. The number of aromatic nitrogens is 1. The van der Waals surface area contributed by atoms with E-state index >= 15 is 0 Å². The predicted molar refractivity (Wildman–Crippen MR) is 150 cm³/mol. The van der Waals surface area contributed by atoms with Gasteiger partial charge >= 0.3 is 0 Å². The fraction of sp³-hybridized carbons (Fsp3) is 0.344. The van der Waals surface area contributed by atoms with Crippen molar-refractivity contribution in [2.45, 2.75) is 58.2 Å². The highest BCUT2D eigenvalue weighted by Crippen LogP contribution is 2.43. The van der Waals surface area contributed by atoms with Crippen LogP contribution in [0.5, 0.6) is 17.2 Å². The number of Topliss-reactive ketones (excluding diaryl/α,β-unsaturated/α-hetero) is 1. The molecule has 8 nitrogen and oxygen atoms in total. The molecule has 3 aromatic rings. The molecule has 2 unspecified atom stereocenters. The van der Waals surface area contributed by atoms with Crippen molar-refractivity contribution < 1.29 is 28.9 Å². The number of aliphatic hydroxyl groups is 1. The molecule has 2 atom stereocenters. The van der Waals surface area contributed by atoms with E-state index in [1.807, 2.05) is 19.1 Å².